The Hall–Kier alpha value is -2.88. The lowest BCUT2D eigenvalue weighted by Crippen LogP contribution is -2.27. The van der Waals surface area contributed by atoms with Crippen molar-refractivity contribution in [3.63, 3.8) is 0 Å². The van der Waals surface area contributed by atoms with E-state index in [0.717, 1.165) is 48.5 Å². The molecule has 1 fully saturated rings. The maximum atomic E-state index is 12.6. The smallest absolute Gasteiger partial charge is 0.223 e. The Morgan fingerprint density at radius 1 is 1.15 bits per heavy atom. The summed E-state index contributed by atoms with van der Waals surface area (Å²) < 4.78 is 2.23. The number of benzene rings is 2. The van der Waals surface area contributed by atoms with Gasteiger partial charge in [0.05, 0.1) is 11.0 Å². The highest BCUT2D eigenvalue weighted by Gasteiger charge is 2.33. The first kappa shape index (κ1) is 17.5. The standard InChI is InChI=1S/C23H25N3O/c1-17(2)15-26-21-11-7-6-10-20(21)24-23(26)19-14-22(27)25(16-19)13-12-18-8-4-3-5-9-18/h3-11,19H,1,12-16H2,2H3/t19-/m1/s1. The summed E-state index contributed by atoms with van der Waals surface area (Å²) in [7, 11) is 0. The van der Waals surface area contributed by atoms with Gasteiger partial charge in [-0.1, -0.05) is 54.6 Å². The average molecular weight is 359 g/mol. The van der Waals surface area contributed by atoms with Crippen LogP contribution in [0.5, 0.6) is 0 Å². The molecule has 4 heteroatoms. The summed E-state index contributed by atoms with van der Waals surface area (Å²) in [6, 6.07) is 18.5. The van der Waals surface area contributed by atoms with Crippen LogP contribution >= 0.6 is 0 Å². The second kappa shape index (κ2) is 7.39. The number of hydrogen-bond acceptors (Lipinski definition) is 2. The Morgan fingerprint density at radius 3 is 2.67 bits per heavy atom. The van der Waals surface area contributed by atoms with E-state index in [1.165, 1.54) is 5.56 Å². The van der Waals surface area contributed by atoms with Crippen molar-refractivity contribution in [2.75, 3.05) is 13.1 Å². The van der Waals surface area contributed by atoms with Crippen LogP contribution < -0.4 is 0 Å². The molecule has 0 saturated carbocycles. The van der Waals surface area contributed by atoms with Crippen molar-refractivity contribution in [3.8, 4) is 0 Å². The number of allylic oxidation sites excluding steroid dienone is 1. The number of carbonyl (C=O) groups is 1. The van der Waals surface area contributed by atoms with E-state index in [-0.39, 0.29) is 11.8 Å². The summed E-state index contributed by atoms with van der Waals surface area (Å²) >= 11 is 0. The van der Waals surface area contributed by atoms with Gasteiger partial charge < -0.3 is 9.47 Å². The molecule has 1 saturated heterocycles. The molecule has 0 spiro atoms. The molecule has 3 aromatic rings. The molecule has 0 aliphatic carbocycles. The molecule has 4 nitrogen and oxygen atoms in total. The Labute approximate surface area is 160 Å². The number of nitrogens with zero attached hydrogens (tertiary/aromatic N) is 3. The fraction of sp³-hybridized carbons (Fsp3) is 0.304. The molecule has 1 aliphatic rings. The first-order valence-electron chi connectivity index (χ1n) is 9.53. The SMILES string of the molecule is C=C(C)Cn1c([C@@H]2CC(=O)N(CCc3ccccc3)C2)nc2ccccc21. The molecule has 0 radical (unpaired) electrons. The van der Waals surface area contributed by atoms with Crippen molar-refractivity contribution in [2.45, 2.75) is 32.2 Å². The zero-order valence-electron chi connectivity index (χ0n) is 15.8. The van der Waals surface area contributed by atoms with E-state index in [4.69, 9.17) is 4.98 Å². The summed E-state index contributed by atoms with van der Waals surface area (Å²) in [5.74, 6) is 1.37. The summed E-state index contributed by atoms with van der Waals surface area (Å²) in [5.41, 5.74) is 4.46. The van der Waals surface area contributed by atoms with Gasteiger partial charge in [0.15, 0.2) is 0 Å². The van der Waals surface area contributed by atoms with Crippen molar-refractivity contribution in [2.24, 2.45) is 0 Å². The minimum atomic E-state index is 0.139. The molecule has 2 heterocycles. The number of amides is 1. The van der Waals surface area contributed by atoms with Crippen LogP contribution in [-0.2, 0) is 17.8 Å². The number of likely N-dealkylation sites (tertiary alicyclic amines) is 1. The van der Waals surface area contributed by atoms with Gasteiger partial charge in [0, 0.05) is 32.0 Å². The molecule has 0 bridgehead atoms. The minimum absolute atomic E-state index is 0.139. The lowest BCUT2D eigenvalue weighted by Gasteiger charge is -2.17. The molecule has 2 aromatic carbocycles. The van der Waals surface area contributed by atoms with Gasteiger partial charge in [-0.2, -0.15) is 0 Å². The molecule has 27 heavy (non-hydrogen) atoms. The largest absolute Gasteiger partial charge is 0.342 e. The predicted octanol–water partition coefficient (Wildman–Crippen LogP) is 4.17. The van der Waals surface area contributed by atoms with Crippen LogP contribution in [0.2, 0.25) is 0 Å². The molecule has 0 N–H and O–H groups in total. The fourth-order valence-electron chi connectivity index (χ4n) is 3.91. The number of imidazole rings is 1. The highest BCUT2D eigenvalue weighted by atomic mass is 16.2. The second-order valence-electron chi connectivity index (χ2n) is 7.48. The van der Waals surface area contributed by atoms with Gasteiger partial charge in [-0.25, -0.2) is 4.98 Å². The van der Waals surface area contributed by atoms with Crippen LogP contribution in [-0.4, -0.2) is 33.4 Å². The molecule has 1 atom stereocenters. The van der Waals surface area contributed by atoms with Crippen molar-refractivity contribution >= 4 is 16.9 Å². The van der Waals surface area contributed by atoms with Gasteiger partial charge in [-0.3, -0.25) is 4.79 Å². The van der Waals surface area contributed by atoms with E-state index in [1.54, 1.807) is 0 Å². The van der Waals surface area contributed by atoms with E-state index >= 15 is 0 Å². The van der Waals surface area contributed by atoms with Crippen molar-refractivity contribution < 1.29 is 4.79 Å². The Kier molecular flexibility index (Phi) is 4.80. The molecule has 138 valence electrons. The molecule has 4 rings (SSSR count). The first-order chi connectivity index (χ1) is 13.1. The van der Waals surface area contributed by atoms with Crippen LogP contribution in [0.1, 0.15) is 30.7 Å². The number of carbonyl (C=O) groups excluding carboxylic acids is 1. The third-order valence-electron chi connectivity index (χ3n) is 5.20. The number of hydrogen-bond donors (Lipinski definition) is 0. The Bertz CT molecular complexity index is 974. The van der Waals surface area contributed by atoms with E-state index in [2.05, 4.69) is 29.3 Å². The summed E-state index contributed by atoms with van der Waals surface area (Å²) in [6.07, 6.45) is 1.43. The van der Waals surface area contributed by atoms with Gasteiger partial charge in [0.25, 0.3) is 0 Å². The van der Waals surface area contributed by atoms with Crippen LogP contribution in [0.4, 0.5) is 0 Å². The lowest BCUT2D eigenvalue weighted by atomic mass is 10.1. The zero-order chi connectivity index (χ0) is 18.8. The van der Waals surface area contributed by atoms with Gasteiger partial charge in [0.1, 0.15) is 5.82 Å². The third kappa shape index (κ3) is 3.65. The average Bonchev–Trinajstić information content (AvgIpc) is 3.21. The molecule has 1 aliphatic heterocycles. The zero-order valence-corrected chi connectivity index (χ0v) is 15.8. The van der Waals surface area contributed by atoms with Crippen LogP contribution in [0.3, 0.4) is 0 Å². The predicted molar refractivity (Wildman–Crippen MR) is 109 cm³/mol. The van der Waals surface area contributed by atoms with Crippen molar-refractivity contribution in [1.29, 1.82) is 0 Å². The summed E-state index contributed by atoms with van der Waals surface area (Å²) in [6.45, 7) is 8.35. The third-order valence-corrected chi connectivity index (χ3v) is 5.20. The Balaban J connectivity index is 1.55. The van der Waals surface area contributed by atoms with E-state index in [1.807, 2.05) is 48.2 Å². The normalized spacial score (nSPS) is 17.0. The second-order valence-corrected chi connectivity index (χ2v) is 7.48. The molecular weight excluding hydrogens is 334 g/mol. The van der Waals surface area contributed by atoms with Gasteiger partial charge in [0.2, 0.25) is 5.91 Å². The lowest BCUT2D eigenvalue weighted by molar-refractivity contribution is -0.127. The highest BCUT2D eigenvalue weighted by molar-refractivity contribution is 5.81. The summed E-state index contributed by atoms with van der Waals surface area (Å²) in [4.78, 5) is 19.5. The molecule has 1 amide bonds. The fourth-order valence-corrected chi connectivity index (χ4v) is 3.91. The minimum Gasteiger partial charge on any atom is -0.342 e. The van der Waals surface area contributed by atoms with Crippen LogP contribution in [0.25, 0.3) is 11.0 Å². The van der Waals surface area contributed by atoms with E-state index in [0.29, 0.717) is 6.42 Å². The summed E-state index contributed by atoms with van der Waals surface area (Å²) in [5, 5.41) is 0. The maximum absolute atomic E-state index is 12.6. The maximum Gasteiger partial charge on any atom is 0.223 e. The van der Waals surface area contributed by atoms with Crippen LogP contribution in [0.15, 0.2) is 66.7 Å². The van der Waals surface area contributed by atoms with Crippen molar-refractivity contribution in [1.82, 2.24) is 14.5 Å². The molecule has 0 unspecified atom stereocenters. The quantitative estimate of drug-likeness (QED) is 0.620. The van der Waals surface area contributed by atoms with Gasteiger partial charge in [-0.15, -0.1) is 0 Å². The van der Waals surface area contributed by atoms with Crippen molar-refractivity contribution in [3.05, 3.63) is 78.1 Å². The van der Waals surface area contributed by atoms with Crippen LogP contribution in [0, 0.1) is 0 Å². The number of para-hydroxylation sites is 2. The number of rotatable bonds is 6. The van der Waals surface area contributed by atoms with E-state index in [9.17, 15) is 4.79 Å². The monoisotopic (exact) mass is 359 g/mol. The number of fused-ring (bicyclic) bond motifs is 1. The molecule has 1 aromatic heterocycles. The van der Waals surface area contributed by atoms with E-state index < -0.39 is 0 Å². The molecular formula is C23H25N3O. The van der Waals surface area contributed by atoms with Gasteiger partial charge in [-0.05, 0) is 31.0 Å². The Morgan fingerprint density at radius 2 is 1.89 bits per heavy atom. The highest BCUT2D eigenvalue weighted by Crippen LogP contribution is 2.31. The first-order valence-corrected chi connectivity index (χ1v) is 9.53. The topological polar surface area (TPSA) is 38.1 Å². The number of aromatic nitrogens is 2. The van der Waals surface area contributed by atoms with Gasteiger partial charge >= 0.3 is 0 Å².